The zero-order chi connectivity index (χ0) is 106. The van der Waals surface area contributed by atoms with Gasteiger partial charge in [0.1, 0.15) is 54.2 Å². The number of hydrogen-bond donors (Lipinski definition) is 3. The molecule has 0 saturated carbocycles. The molecule has 0 spiro atoms. The predicted molar refractivity (Wildman–Crippen MR) is 590 cm³/mol. The second kappa shape index (κ2) is 87.6. The minimum atomic E-state index is -5.22. The SMILES string of the molecule is CCCCCCCCCCC[C@H](CC(=O)N[C@H](COCc1ccccc1)COC[C@H]1O[C@H](OC[C@@H](COCc2ccccc2)NC(=O)C[C@@H](CCCCCCCCCCC)OC(=O)CCCCCC)[C@@H](NC(=O)C[C@@H](CCCCCCCCCCC)OC(=O)CCCCCC)[C@@H](OC(=O)C[C@@H](CCCCCCCCCCC)OC(=O)CCCCCC)[C@@H]1OP(=O)(Oc1ccccc1)Oc1ccccc1)OC(=O)CCCCCC. The standard InChI is InChI=1S/C122H200N3O22P/c1-9-17-25-33-37-41-45-49-61-81-106(139-114(129)85-69-29-21-13-5)89-111(126)123-102(95-135-93-100-73-57-53-58-74-100)96-137-99-110-120(147-148(134,145-104-77-65-55-66-78-104)146-105-79-67-56-68-80-105)121(144-118(133)92-109(142-117(132)88-72-32-24-16-8)84-64-52-48-44-40-36-28-20-12-4)119(125-113(128)91-108(141-116(131)87-71-31-23-15-7)83-63-51-47-43-39-35-27-19-11-3)122(143-110)138-98-103(97-136-94-101-75-59-54-60-76-101)124-112(127)90-107(140-115(130)86-70-30-22-14-6)82-62-50-46-42-38-34-26-18-10-2/h53-60,65-68,73-80,102-103,106-110,119-122H,9-52,61-64,69-72,81-99H2,1-8H3,(H,123,126)(H,124,127)(H,125,128)/t102-,103-,106-,107-,108-,109-,110-,119+,120-,121-,122+/m1/s1. The van der Waals surface area contributed by atoms with Crippen molar-refractivity contribution in [3.8, 4) is 11.5 Å². The van der Waals surface area contributed by atoms with Crippen molar-refractivity contribution >= 4 is 55.4 Å². The fourth-order valence-corrected chi connectivity index (χ4v) is 20.2. The number of unbranched alkanes of at least 4 members (excludes halogenated alkanes) is 44. The number of phosphoric ester groups is 1. The van der Waals surface area contributed by atoms with E-state index in [1.54, 1.807) is 60.7 Å². The van der Waals surface area contributed by atoms with Gasteiger partial charge in [0, 0.05) is 25.7 Å². The van der Waals surface area contributed by atoms with Gasteiger partial charge in [-0.15, -0.1) is 0 Å². The zero-order valence-electron chi connectivity index (χ0n) is 93.0. The predicted octanol–water partition coefficient (Wildman–Crippen LogP) is 30.0. The fourth-order valence-electron chi connectivity index (χ4n) is 18.7. The van der Waals surface area contributed by atoms with Crippen LogP contribution in [0.1, 0.15) is 477 Å². The first-order valence-electron chi connectivity index (χ1n) is 59.0. The number of ether oxygens (including phenoxy) is 10. The fraction of sp³-hybridized carbons (Fsp3) is 0.738. The van der Waals surface area contributed by atoms with E-state index in [1.807, 2.05) is 60.7 Å². The highest BCUT2D eigenvalue weighted by atomic mass is 31.2. The van der Waals surface area contributed by atoms with Crippen molar-refractivity contribution in [2.75, 3.05) is 33.0 Å². The first-order chi connectivity index (χ1) is 72.3. The number of nitrogens with one attached hydrogen (secondary N) is 3. The third-order valence-corrected chi connectivity index (χ3v) is 28.7. The maximum Gasteiger partial charge on any atom is 0.588 e. The summed E-state index contributed by atoms with van der Waals surface area (Å²) in [6, 6.07) is 32.0. The Labute approximate surface area is 893 Å². The normalized spacial score (nSPS) is 15.9. The van der Waals surface area contributed by atoms with E-state index >= 15 is 23.7 Å². The van der Waals surface area contributed by atoms with Crippen LogP contribution >= 0.6 is 7.82 Å². The van der Waals surface area contributed by atoms with Gasteiger partial charge in [-0.3, -0.25) is 42.9 Å². The van der Waals surface area contributed by atoms with Gasteiger partial charge in [0.15, 0.2) is 12.4 Å². The Morgan fingerprint density at radius 1 is 0.304 bits per heavy atom. The van der Waals surface area contributed by atoms with Crippen molar-refractivity contribution in [2.24, 2.45) is 0 Å². The Kier molecular flexibility index (Phi) is 77.4. The number of carbonyl (C=O) groups is 8. The monoisotopic (exact) mass is 2090 g/mol. The van der Waals surface area contributed by atoms with E-state index in [9.17, 15) is 19.2 Å². The lowest BCUT2D eigenvalue weighted by atomic mass is 9.95. The number of benzene rings is 4. The Balaban J connectivity index is 1.82. The molecule has 0 unspecified atom stereocenters. The molecular weight excluding hydrogens is 1890 g/mol. The Hall–Kier alpha value is -7.77. The molecule has 1 heterocycles. The van der Waals surface area contributed by atoms with Gasteiger partial charge >= 0.3 is 37.7 Å². The van der Waals surface area contributed by atoms with Crippen LogP contribution < -0.4 is 25.0 Å². The molecular formula is C122H200N3O22P. The molecule has 1 aliphatic rings. The van der Waals surface area contributed by atoms with Gasteiger partial charge in [-0.1, -0.05) is 435 Å². The second-order valence-corrected chi connectivity index (χ2v) is 42.8. The molecule has 0 aliphatic carbocycles. The molecule has 25 nitrogen and oxygen atoms in total. The van der Waals surface area contributed by atoms with Crippen LogP contribution in [0.3, 0.4) is 0 Å². The quantitative estimate of drug-likeness (QED) is 0.0160. The summed E-state index contributed by atoms with van der Waals surface area (Å²) in [7, 11) is -5.22. The summed E-state index contributed by atoms with van der Waals surface area (Å²) >= 11 is 0. The highest BCUT2D eigenvalue weighted by Gasteiger charge is 2.55. The smallest absolute Gasteiger partial charge is 0.462 e. The Morgan fingerprint density at radius 2 is 0.581 bits per heavy atom. The summed E-state index contributed by atoms with van der Waals surface area (Å²) in [6.45, 7) is 16.0. The highest BCUT2D eigenvalue weighted by Crippen LogP contribution is 2.53. The molecule has 4 aromatic carbocycles. The zero-order valence-corrected chi connectivity index (χ0v) is 93.9. The van der Waals surface area contributed by atoms with E-state index in [-0.39, 0.29) is 95.0 Å². The average Bonchev–Trinajstić information content (AvgIpc) is 0.768. The van der Waals surface area contributed by atoms with Crippen molar-refractivity contribution in [3.63, 3.8) is 0 Å². The number of rotatable bonds is 97. The number of carbonyl (C=O) groups excluding carboxylic acids is 8. The molecule has 148 heavy (non-hydrogen) atoms. The van der Waals surface area contributed by atoms with Crippen LogP contribution in [0.15, 0.2) is 121 Å². The summed E-state index contributed by atoms with van der Waals surface area (Å²) < 4.78 is 104. The molecule has 4 aromatic rings. The second-order valence-electron chi connectivity index (χ2n) is 41.3. The summed E-state index contributed by atoms with van der Waals surface area (Å²) in [5.74, 6) is -4.08. The van der Waals surface area contributed by atoms with Crippen molar-refractivity contribution in [1.29, 1.82) is 0 Å². The maximum atomic E-state index is 16.8. The van der Waals surface area contributed by atoms with E-state index in [1.165, 1.54) is 77.0 Å². The summed E-state index contributed by atoms with van der Waals surface area (Å²) in [6.07, 6.45) is 41.5. The van der Waals surface area contributed by atoms with E-state index in [0.717, 1.165) is 229 Å². The largest absolute Gasteiger partial charge is 0.588 e. The minimum absolute atomic E-state index is 0.0452. The Morgan fingerprint density at radius 3 is 0.905 bits per heavy atom. The average molecular weight is 2090 g/mol. The van der Waals surface area contributed by atoms with Crippen molar-refractivity contribution in [1.82, 2.24) is 16.0 Å². The molecule has 0 bridgehead atoms. The number of para-hydroxylation sites is 2. The van der Waals surface area contributed by atoms with Crippen molar-refractivity contribution in [3.05, 3.63) is 132 Å². The van der Waals surface area contributed by atoms with E-state index in [4.69, 9.17) is 60.9 Å². The van der Waals surface area contributed by atoms with E-state index in [2.05, 4.69) is 71.3 Å². The van der Waals surface area contributed by atoms with Crippen molar-refractivity contribution in [2.45, 2.75) is 547 Å². The third-order valence-electron chi connectivity index (χ3n) is 27.3. The van der Waals surface area contributed by atoms with Gasteiger partial charge in [-0.25, -0.2) is 4.57 Å². The molecule has 1 fully saturated rings. The lowest BCUT2D eigenvalue weighted by Gasteiger charge is -2.46. The van der Waals surface area contributed by atoms with Crippen LogP contribution in [0.2, 0.25) is 0 Å². The Bertz CT molecular complexity index is 3960. The van der Waals surface area contributed by atoms with Crippen molar-refractivity contribution < 1.29 is 104 Å². The molecule has 5 rings (SSSR count). The lowest BCUT2D eigenvalue weighted by Crippen LogP contribution is -2.67. The minimum Gasteiger partial charge on any atom is -0.462 e. The molecule has 11 atom stereocenters. The molecule has 3 N–H and O–H groups in total. The molecule has 1 aliphatic heterocycles. The molecule has 1 saturated heterocycles. The summed E-state index contributed by atoms with van der Waals surface area (Å²) in [4.78, 5) is 119. The van der Waals surface area contributed by atoms with Gasteiger partial charge in [0.2, 0.25) is 17.7 Å². The first kappa shape index (κ1) is 131. The topological polar surface area (TPSA) is 310 Å². The van der Waals surface area contributed by atoms with Gasteiger partial charge in [-0.2, -0.15) is 0 Å². The highest BCUT2D eigenvalue weighted by molar-refractivity contribution is 7.49. The van der Waals surface area contributed by atoms with Gasteiger partial charge < -0.3 is 72.4 Å². The van der Waals surface area contributed by atoms with E-state index < -0.39 is 137 Å². The van der Waals surface area contributed by atoms with Crippen LogP contribution in [-0.4, -0.2) is 148 Å². The van der Waals surface area contributed by atoms with Gasteiger partial charge in [0.05, 0.1) is 84.0 Å². The lowest BCUT2D eigenvalue weighted by molar-refractivity contribution is -0.275. The number of amides is 3. The third kappa shape index (κ3) is 66.2. The van der Waals surface area contributed by atoms with E-state index in [0.29, 0.717) is 64.2 Å². The van der Waals surface area contributed by atoms with Crippen LogP contribution in [0.5, 0.6) is 11.5 Å². The summed E-state index contributed by atoms with van der Waals surface area (Å²) in [5.41, 5.74) is 1.70. The molecule has 26 heteroatoms. The molecule has 840 valence electrons. The van der Waals surface area contributed by atoms with Crippen LogP contribution in [-0.2, 0) is 108 Å². The van der Waals surface area contributed by atoms with Gasteiger partial charge in [0.25, 0.3) is 0 Å². The number of hydrogen-bond acceptors (Lipinski definition) is 22. The van der Waals surface area contributed by atoms with Crippen LogP contribution in [0.4, 0.5) is 0 Å². The maximum absolute atomic E-state index is 16.8. The molecule has 3 amide bonds. The van der Waals surface area contributed by atoms with Crippen LogP contribution in [0, 0.1) is 0 Å². The molecule has 0 aromatic heterocycles. The number of phosphoric acid groups is 1. The van der Waals surface area contributed by atoms with Gasteiger partial charge in [-0.05, 0) is 112 Å². The number of esters is 5. The first-order valence-corrected chi connectivity index (χ1v) is 60.5. The molecule has 0 radical (unpaired) electrons. The summed E-state index contributed by atoms with van der Waals surface area (Å²) in [5, 5.41) is 9.58. The van der Waals surface area contributed by atoms with Crippen LogP contribution in [0.25, 0.3) is 0 Å².